The standard InChI is InChI=1S/C22H22N2O/c1-4-16-18-12-8-9-13-20(18)24(19(16)5-2)22-21(23-3)17-11-7-6-10-15(17)14-25-22/h4-13,23H,14H2,1-3H3/b16-4-,19-5+. The highest BCUT2D eigenvalue weighted by atomic mass is 16.5. The molecule has 3 aromatic rings. The molecule has 3 nitrogen and oxygen atoms in total. The second-order valence-electron chi connectivity index (χ2n) is 6.10. The number of ether oxygens (including phenoxy) is 1. The summed E-state index contributed by atoms with van der Waals surface area (Å²) in [6, 6.07) is 16.9. The van der Waals surface area contributed by atoms with Crippen LogP contribution in [0.2, 0.25) is 0 Å². The molecule has 0 atom stereocenters. The molecule has 0 unspecified atom stereocenters. The molecular formula is C22H22N2O. The summed E-state index contributed by atoms with van der Waals surface area (Å²) in [7, 11) is 1.95. The highest BCUT2D eigenvalue weighted by Gasteiger charge is 2.22. The molecule has 0 bridgehead atoms. The highest BCUT2D eigenvalue weighted by Crippen LogP contribution is 2.30. The summed E-state index contributed by atoms with van der Waals surface area (Å²) in [4.78, 5) is 0. The van der Waals surface area contributed by atoms with Crippen molar-refractivity contribution < 1.29 is 4.74 Å². The third-order valence-electron chi connectivity index (χ3n) is 4.83. The molecule has 1 aliphatic rings. The first kappa shape index (κ1) is 15.6. The number of nitrogens with zero attached hydrogens (tertiary/aromatic N) is 1. The number of para-hydroxylation sites is 1. The van der Waals surface area contributed by atoms with E-state index in [4.69, 9.17) is 4.74 Å². The zero-order valence-corrected chi connectivity index (χ0v) is 14.8. The lowest BCUT2D eigenvalue weighted by molar-refractivity contribution is 0.241. The molecule has 3 heteroatoms. The summed E-state index contributed by atoms with van der Waals surface area (Å²) in [5.41, 5.74) is 4.59. The number of aromatic nitrogens is 1. The van der Waals surface area contributed by atoms with Crippen molar-refractivity contribution in [2.45, 2.75) is 20.5 Å². The Kier molecular flexibility index (Phi) is 3.85. The molecule has 1 aromatic heterocycles. The van der Waals surface area contributed by atoms with Gasteiger partial charge >= 0.3 is 0 Å². The van der Waals surface area contributed by atoms with Crippen molar-refractivity contribution in [2.24, 2.45) is 0 Å². The highest BCUT2D eigenvalue weighted by molar-refractivity contribution is 5.90. The summed E-state index contributed by atoms with van der Waals surface area (Å²) < 4.78 is 8.48. The smallest absolute Gasteiger partial charge is 0.223 e. The van der Waals surface area contributed by atoms with Gasteiger partial charge in [-0.25, -0.2) is 0 Å². The lowest BCUT2D eigenvalue weighted by atomic mass is 10.0. The normalized spacial score (nSPS) is 15.5. The second kappa shape index (κ2) is 6.17. The minimum absolute atomic E-state index is 0.581. The van der Waals surface area contributed by atoms with Crippen LogP contribution in [0.15, 0.2) is 48.5 Å². The van der Waals surface area contributed by atoms with Gasteiger partial charge in [-0.05, 0) is 25.5 Å². The Hall–Kier alpha value is -2.94. The Labute approximate surface area is 147 Å². The lowest BCUT2D eigenvalue weighted by Crippen LogP contribution is -2.31. The van der Waals surface area contributed by atoms with Crippen molar-refractivity contribution in [1.82, 2.24) is 9.88 Å². The fourth-order valence-corrected chi connectivity index (χ4v) is 3.73. The third kappa shape index (κ3) is 2.27. The van der Waals surface area contributed by atoms with Crippen LogP contribution < -0.4 is 15.9 Å². The van der Waals surface area contributed by atoms with E-state index < -0.39 is 0 Å². The van der Waals surface area contributed by atoms with E-state index in [1.54, 1.807) is 0 Å². The van der Waals surface area contributed by atoms with E-state index >= 15 is 0 Å². The van der Waals surface area contributed by atoms with Crippen LogP contribution in [0.5, 0.6) is 0 Å². The van der Waals surface area contributed by atoms with Gasteiger partial charge in [-0.15, -0.1) is 0 Å². The van der Waals surface area contributed by atoms with Gasteiger partial charge in [0.2, 0.25) is 5.88 Å². The van der Waals surface area contributed by atoms with Crippen molar-refractivity contribution in [2.75, 3.05) is 7.05 Å². The van der Waals surface area contributed by atoms with Gasteiger partial charge in [0.1, 0.15) is 12.3 Å². The topological polar surface area (TPSA) is 26.2 Å². The molecule has 0 saturated carbocycles. The number of hydrogen-bond donors (Lipinski definition) is 1. The predicted molar refractivity (Wildman–Crippen MR) is 105 cm³/mol. The molecule has 0 aliphatic carbocycles. The number of fused-ring (bicyclic) bond motifs is 2. The average Bonchev–Trinajstić information content (AvgIpc) is 3.00. The number of hydrogen-bond acceptors (Lipinski definition) is 2. The Morgan fingerprint density at radius 1 is 1.00 bits per heavy atom. The van der Waals surface area contributed by atoms with Crippen LogP contribution in [0, 0.1) is 0 Å². The third-order valence-corrected chi connectivity index (χ3v) is 4.83. The van der Waals surface area contributed by atoms with Gasteiger partial charge in [0.05, 0.1) is 10.9 Å². The van der Waals surface area contributed by atoms with Gasteiger partial charge in [-0.3, -0.25) is 4.57 Å². The van der Waals surface area contributed by atoms with Gasteiger partial charge < -0.3 is 10.1 Å². The maximum Gasteiger partial charge on any atom is 0.223 e. The fraction of sp³-hybridized carbons (Fsp3) is 0.182. The van der Waals surface area contributed by atoms with E-state index in [0.29, 0.717) is 6.61 Å². The molecule has 0 amide bonds. The van der Waals surface area contributed by atoms with E-state index in [9.17, 15) is 0 Å². The average molecular weight is 330 g/mol. The molecule has 126 valence electrons. The first-order valence-corrected chi connectivity index (χ1v) is 8.65. The maximum absolute atomic E-state index is 6.25. The number of benzene rings is 2. The van der Waals surface area contributed by atoms with E-state index in [1.807, 2.05) is 7.05 Å². The van der Waals surface area contributed by atoms with Crippen LogP contribution >= 0.6 is 0 Å². The molecule has 0 radical (unpaired) electrons. The van der Waals surface area contributed by atoms with E-state index in [0.717, 1.165) is 22.4 Å². The van der Waals surface area contributed by atoms with Gasteiger partial charge in [-0.1, -0.05) is 54.6 Å². The first-order valence-electron chi connectivity index (χ1n) is 8.65. The summed E-state index contributed by atoms with van der Waals surface area (Å²) >= 11 is 0. The van der Waals surface area contributed by atoms with Crippen LogP contribution in [0.4, 0.5) is 0 Å². The predicted octanol–water partition coefficient (Wildman–Crippen LogP) is 3.28. The Morgan fingerprint density at radius 3 is 2.52 bits per heavy atom. The van der Waals surface area contributed by atoms with Crippen molar-refractivity contribution in [3.8, 4) is 0 Å². The van der Waals surface area contributed by atoms with Gasteiger partial charge in [0.25, 0.3) is 0 Å². The Balaban J connectivity index is 2.14. The van der Waals surface area contributed by atoms with Crippen molar-refractivity contribution in [3.05, 3.63) is 70.2 Å². The van der Waals surface area contributed by atoms with E-state index in [2.05, 4.69) is 84.4 Å². The van der Waals surface area contributed by atoms with Gasteiger partial charge in [0, 0.05) is 23.2 Å². The minimum atomic E-state index is 0.581. The summed E-state index contributed by atoms with van der Waals surface area (Å²) in [6.07, 6.45) is 4.32. The van der Waals surface area contributed by atoms with Crippen LogP contribution in [0.25, 0.3) is 34.6 Å². The van der Waals surface area contributed by atoms with Gasteiger partial charge in [0.15, 0.2) is 0 Å². The Bertz CT molecular complexity index is 1100. The fourth-order valence-electron chi connectivity index (χ4n) is 3.73. The van der Waals surface area contributed by atoms with Gasteiger partial charge in [-0.2, -0.15) is 0 Å². The lowest BCUT2D eigenvalue weighted by Gasteiger charge is -2.25. The van der Waals surface area contributed by atoms with Crippen molar-refractivity contribution in [3.63, 3.8) is 0 Å². The second-order valence-corrected chi connectivity index (χ2v) is 6.10. The molecule has 4 rings (SSSR count). The molecule has 0 spiro atoms. The van der Waals surface area contributed by atoms with Crippen molar-refractivity contribution >= 4 is 34.6 Å². The Morgan fingerprint density at radius 2 is 1.76 bits per heavy atom. The summed E-state index contributed by atoms with van der Waals surface area (Å²) in [5, 5.41) is 7.00. The van der Waals surface area contributed by atoms with E-state index in [1.165, 1.54) is 21.7 Å². The minimum Gasteiger partial charge on any atom is -0.472 e. The SMILES string of the molecule is C/C=c1\c(=C/C)n(C2=C(NC)c3ccccc3CO2)c2ccccc12. The molecule has 0 fully saturated rings. The zero-order chi connectivity index (χ0) is 17.4. The molecule has 25 heavy (non-hydrogen) atoms. The number of rotatable bonds is 2. The van der Waals surface area contributed by atoms with Crippen molar-refractivity contribution in [1.29, 1.82) is 0 Å². The summed E-state index contributed by atoms with van der Waals surface area (Å²) in [6.45, 7) is 4.75. The molecule has 1 N–H and O–H groups in total. The van der Waals surface area contributed by atoms with Crippen LogP contribution in [0.1, 0.15) is 25.0 Å². The molecule has 1 aliphatic heterocycles. The maximum atomic E-state index is 6.25. The first-order chi connectivity index (χ1) is 12.3. The molecule has 2 heterocycles. The number of nitrogens with one attached hydrogen (secondary N) is 1. The summed E-state index contributed by atoms with van der Waals surface area (Å²) in [5.74, 6) is 0.860. The van der Waals surface area contributed by atoms with E-state index in [-0.39, 0.29) is 0 Å². The zero-order valence-electron chi connectivity index (χ0n) is 14.8. The monoisotopic (exact) mass is 330 g/mol. The van der Waals surface area contributed by atoms with Crippen LogP contribution in [0.3, 0.4) is 0 Å². The van der Waals surface area contributed by atoms with Crippen LogP contribution in [-0.2, 0) is 11.3 Å². The molecular weight excluding hydrogens is 308 g/mol. The molecule has 0 saturated heterocycles. The molecule has 2 aromatic carbocycles. The largest absolute Gasteiger partial charge is 0.472 e. The quantitative estimate of drug-likeness (QED) is 0.780. The van der Waals surface area contributed by atoms with Crippen LogP contribution in [-0.4, -0.2) is 11.6 Å².